The van der Waals surface area contributed by atoms with Crippen molar-refractivity contribution >= 4 is 23.1 Å². The van der Waals surface area contributed by atoms with Crippen molar-refractivity contribution in [3.63, 3.8) is 0 Å². The number of anilines is 3. The first-order valence-corrected chi connectivity index (χ1v) is 6.88. The molecule has 1 N–H and O–H groups in total. The van der Waals surface area contributed by atoms with Gasteiger partial charge in [-0.2, -0.15) is 5.10 Å². The van der Waals surface area contributed by atoms with Crippen LogP contribution in [0.15, 0.2) is 30.5 Å². The van der Waals surface area contributed by atoms with Gasteiger partial charge < -0.3 is 15.1 Å². The minimum Gasteiger partial charge on any atom is -0.356 e. The van der Waals surface area contributed by atoms with Gasteiger partial charge in [0.05, 0.1) is 24.1 Å². The number of aryl methyl sites for hydroxylation is 1. The molecular formula is C15H19N5O. The number of fused-ring (bicyclic) bond motifs is 2. The number of nitrogens with zero attached hydrogens (tertiary/aromatic N) is 4. The second-order valence-electron chi connectivity index (χ2n) is 5.43. The van der Waals surface area contributed by atoms with E-state index in [2.05, 4.69) is 15.3 Å². The van der Waals surface area contributed by atoms with E-state index in [1.807, 2.05) is 42.2 Å². The van der Waals surface area contributed by atoms with Gasteiger partial charge in [-0.1, -0.05) is 12.1 Å². The molecule has 0 saturated heterocycles. The van der Waals surface area contributed by atoms with Crippen molar-refractivity contribution < 1.29 is 4.79 Å². The average molecular weight is 285 g/mol. The van der Waals surface area contributed by atoms with Gasteiger partial charge in [0.1, 0.15) is 5.82 Å². The lowest BCUT2D eigenvalue weighted by molar-refractivity contribution is -0.127. The predicted octanol–water partition coefficient (Wildman–Crippen LogP) is 1.57. The maximum Gasteiger partial charge on any atom is 0.241 e. The van der Waals surface area contributed by atoms with Crippen LogP contribution in [0.4, 0.5) is 17.2 Å². The molecule has 6 heteroatoms. The quantitative estimate of drug-likeness (QED) is 0.910. The lowest BCUT2D eigenvalue weighted by Crippen LogP contribution is -2.36. The number of nitrogens with one attached hydrogen (secondary N) is 1. The molecule has 2 heterocycles. The number of hydrogen-bond donors (Lipinski definition) is 1. The Kier molecular flexibility index (Phi) is 3.29. The summed E-state index contributed by atoms with van der Waals surface area (Å²) >= 11 is 0. The lowest BCUT2D eigenvalue weighted by atomic mass is 10.2. The highest BCUT2D eigenvalue weighted by molar-refractivity contribution is 5.85. The predicted molar refractivity (Wildman–Crippen MR) is 82.7 cm³/mol. The third-order valence-corrected chi connectivity index (χ3v) is 3.70. The minimum atomic E-state index is 0.0807. The van der Waals surface area contributed by atoms with Crippen molar-refractivity contribution in [2.75, 3.05) is 30.9 Å². The van der Waals surface area contributed by atoms with Crippen LogP contribution in [-0.2, 0) is 18.4 Å². The summed E-state index contributed by atoms with van der Waals surface area (Å²) < 4.78 is 1.82. The molecule has 0 fully saturated rings. The van der Waals surface area contributed by atoms with Gasteiger partial charge in [-0.15, -0.1) is 0 Å². The third-order valence-electron chi connectivity index (χ3n) is 3.70. The van der Waals surface area contributed by atoms with Gasteiger partial charge in [0.15, 0.2) is 0 Å². The summed E-state index contributed by atoms with van der Waals surface area (Å²) in [6.07, 6.45) is 1.85. The second-order valence-corrected chi connectivity index (χ2v) is 5.43. The number of carbonyl (C=O) groups excluding carboxylic acids is 1. The van der Waals surface area contributed by atoms with Gasteiger partial charge in [0, 0.05) is 33.3 Å². The molecule has 0 radical (unpaired) electrons. The number of para-hydroxylation sites is 2. The fourth-order valence-electron chi connectivity index (χ4n) is 2.48. The van der Waals surface area contributed by atoms with E-state index in [0.29, 0.717) is 13.1 Å². The molecule has 1 aromatic carbocycles. The molecule has 1 aromatic heterocycles. The molecule has 110 valence electrons. The second kappa shape index (κ2) is 5.12. The van der Waals surface area contributed by atoms with Crippen molar-refractivity contribution in [3.05, 3.63) is 36.0 Å². The van der Waals surface area contributed by atoms with Crippen LogP contribution in [0.3, 0.4) is 0 Å². The molecule has 6 nitrogen and oxygen atoms in total. The standard InChI is InChI=1S/C15H19N5O/c1-18(2)14(21)10-20-9-11-8-16-19(3)15(11)17-12-6-4-5-7-13(12)20/h4-8,17H,9-10H2,1-3H3. The topological polar surface area (TPSA) is 53.4 Å². The first kappa shape index (κ1) is 13.5. The number of aromatic nitrogens is 2. The first-order chi connectivity index (χ1) is 10.1. The van der Waals surface area contributed by atoms with Gasteiger partial charge in [0.2, 0.25) is 5.91 Å². The molecule has 1 aliphatic heterocycles. The minimum absolute atomic E-state index is 0.0807. The third kappa shape index (κ3) is 2.44. The number of benzene rings is 1. The Balaban J connectivity index is 2.01. The molecular weight excluding hydrogens is 266 g/mol. The highest BCUT2D eigenvalue weighted by Crippen LogP contribution is 2.34. The summed E-state index contributed by atoms with van der Waals surface area (Å²) in [5, 5.41) is 7.71. The Bertz CT molecular complexity index is 676. The molecule has 0 unspecified atom stereocenters. The number of likely N-dealkylation sites (N-methyl/N-ethyl adjacent to an activating group) is 1. The molecule has 0 aliphatic carbocycles. The number of carbonyl (C=O) groups is 1. The summed E-state index contributed by atoms with van der Waals surface area (Å²) in [5.74, 6) is 1.05. The molecule has 2 aromatic rings. The van der Waals surface area contributed by atoms with Crippen LogP contribution in [0.2, 0.25) is 0 Å². The van der Waals surface area contributed by atoms with Crippen molar-refractivity contribution in [2.45, 2.75) is 6.54 Å². The fraction of sp³-hybridized carbons (Fsp3) is 0.333. The lowest BCUT2D eigenvalue weighted by Gasteiger charge is -2.25. The maximum absolute atomic E-state index is 12.1. The highest BCUT2D eigenvalue weighted by Gasteiger charge is 2.23. The maximum atomic E-state index is 12.1. The molecule has 0 saturated carbocycles. The van der Waals surface area contributed by atoms with Crippen LogP contribution < -0.4 is 10.2 Å². The Morgan fingerprint density at radius 1 is 1.38 bits per heavy atom. The van der Waals surface area contributed by atoms with Crippen molar-refractivity contribution in [3.8, 4) is 0 Å². The van der Waals surface area contributed by atoms with E-state index >= 15 is 0 Å². The van der Waals surface area contributed by atoms with Crippen molar-refractivity contribution in [1.29, 1.82) is 0 Å². The van der Waals surface area contributed by atoms with Crippen LogP contribution in [0.1, 0.15) is 5.56 Å². The Labute approximate surface area is 124 Å². The van der Waals surface area contributed by atoms with Crippen molar-refractivity contribution in [2.24, 2.45) is 7.05 Å². The Morgan fingerprint density at radius 2 is 2.14 bits per heavy atom. The van der Waals surface area contributed by atoms with Crippen LogP contribution in [0.25, 0.3) is 0 Å². The SMILES string of the molecule is CN(C)C(=O)CN1Cc2cnn(C)c2Nc2ccccc21. The van der Waals surface area contributed by atoms with E-state index in [1.165, 1.54) is 0 Å². The van der Waals surface area contributed by atoms with Gasteiger partial charge in [-0.25, -0.2) is 0 Å². The van der Waals surface area contributed by atoms with Gasteiger partial charge >= 0.3 is 0 Å². The van der Waals surface area contributed by atoms with Crippen LogP contribution in [0, 0.1) is 0 Å². The monoisotopic (exact) mass is 285 g/mol. The van der Waals surface area contributed by atoms with Crippen LogP contribution in [-0.4, -0.2) is 41.2 Å². The molecule has 0 bridgehead atoms. The van der Waals surface area contributed by atoms with Gasteiger partial charge in [-0.05, 0) is 12.1 Å². The first-order valence-electron chi connectivity index (χ1n) is 6.88. The van der Waals surface area contributed by atoms with Gasteiger partial charge in [-0.3, -0.25) is 9.48 Å². The van der Waals surface area contributed by atoms with E-state index in [1.54, 1.807) is 19.0 Å². The zero-order valence-electron chi connectivity index (χ0n) is 12.5. The fourth-order valence-corrected chi connectivity index (χ4v) is 2.48. The van der Waals surface area contributed by atoms with E-state index in [4.69, 9.17) is 0 Å². The summed E-state index contributed by atoms with van der Waals surface area (Å²) in [5.41, 5.74) is 3.11. The van der Waals surface area contributed by atoms with E-state index in [0.717, 1.165) is 22.8 Å². The molecule has 21 heavy (non-hydrogen) atoms. The van der Waals surface area contributed by atoms with E-state index in [-0.39, 0.29) is 5.91 Å². The zero-order chi connectivity index (χ0) is 15.0. The highest BCUT2D eigenvalue weighted by atomic mass is 16.2. The van der Waals surface area contributed by atoms with Gasteiger partial charge in [0.25, 0.3) is 0 Å². The summed E-state index contributed by atoms with van der Waals surface area (Å²) in [6, 6.07) is 8.02. The van der Waals surface area contributed by atoms with E-state index in [9.17, 15) is 4.79 Å². The molecule has 1 aliphatic rings. The molecule has 1 amide bonds. The van der Waals surface area contributed by atoms with Crippen molar-refractivity contribution in [1.82, 2.24) is 14.7 Å². The smallest absolute Gasteiger partial charge is 0.241 e. The Morgan fingerprint density at radius 3 is 2.90 bits per heavy atom. The Hall–Kier alpha value is -2.50. The number of amides is 1. The van der Waals surface area contributed by atoms with Crippen LogP contribution >= 0.6 is 0 Å². The van der Waals surface area contributed by atoms with Crippen LogP contribution in [0.5, 0.6) is 0 Å². The number of rotatable bonds is 2. The number of hydrogen-bond acceptors (Lipinski definition) is 4. The average Bonchev–Trinajstić information content (AvgIpc) is 2.71. The molecule has 3 rings (SSSR count). The molecule has 0 atom stereocenters. The molecule has 0 spiro atoms. The summed E-state index contributed by atoms with van der Waals surface area (Å²) in [7, 11) is 5.47. The van der Waals surface area contributed by atoms with E-state index < -0.39 is 0 Å². The zero-order valence-corrected chi connectivity index (χ0v) is 12.5. The largest absolute Gasteiger partial charge is 0.356 e. The summed E-state index contributed by atoms with van der Waals surface area (Å²) in [6.45, 7) is 1.01. The normalized spacial score (nSPS) is 13.0. The summed E-state index contributed by atoms with van der Waals surface area (Å²) in [4.78, 5) is 15.8.